The van der Waals surface area contributed by atoms with Gasteiger partial charge >= 0.3 is 0 Å². The molecule has 0 fully saturated rings. The Morgan fingerprint density at radius 1 is 1.00 bits per heavy atom. The lowest BCUT2D eigenvalue weighted by atomic mass is 10.1. The summed E-state index contributed by atoms with van der Waals surface area (Å²) in [5, 5.41) is 3.31. The number of hydrogen-bond acceptors (Lipinski definition) is 7. The van der Waals surface area contributed by atoms with Gasteiger partial charge in [0.25, 0.3) is 11.8 Å². The molecule has 4 rings (SSSR count). The highest BCUT2D eigenvalue weighted by Gasteiger charge is 2.37. The van der Waals surface area contributed by atoms with Gasteiger partial charge in [-0.1, -0.05) is 18.2 Å². The number of fused-ring (bicyclic) bond motifs is 1. The van der Waals surface area contributed by atoms with Gasteiger partial charge in [-0.3, -0.25) is 19.3 Å². The Hall–Kier alpha value is -3.50. The van der Waals surface area contributed by atoms with E-state index in [2.05, 4.69) is 5.32 Å². The fraction of sp³-hybridized carbons (Fsp3) is 0.174. The van der Waals surface area contributed by atoms with Crippen molar-refractivity contribution in [2.24, 2.45) is 0 Å². The van der Waals surface area contributed by atoms with Crippen molar-refractivity contribution in [3.63, 3.8) is 0 Å². The molecule has 170 valence electrons. The fourth-order valence-corrected chi connectivity index (χ4v) is 6.34. The van der Waals surface area contributed by atoms with Crippen molar-refractivity contribution in [2.75, 3.05) is 20.2 Å². The SMILES string of the molecule is COc1ccc(S(=O)(=O)C(CNC(=O)CN2C(=O)c3ccccc3C2=O)c2cccs2)cc1. The third-order valence-electron chi connectivity index (χ3n) is 5.29. The summed E-state index contributed by atoms with van der Waals surface area (Å²) in [5.41, 5.74) is 0.489. The van der Waals surface area contributed by atoms with Gasteiger partial charge < -0.3 is 10.1 Å². The summed E-state index contributed by atoms with van der Waals surface area (Å²) in [5.74, 6) is -1.20. The van der Waals surface area contributed by atoms with Gasteiger partial charge in [0, 0.05) is 11.4 Å². The molecule has 1 N–H and O–H groups in total. The van der Waals surface area contributed by atoms with Crippen molar-refractivity contribution in [3.8, 4) is 5.75 Å². The number of ether oxygens (including phenoxy) is 1. The van der Waals surface area contributed by atoms with Crippen LogP contribution < -0.4 is 10.1 Å². The Labute approximate surface area is 194 Å². The number of amides is 3. The van der Waals surface area contributed by atoms with Gasteiger partial charge in [-0.2, -0.15) is 0 Å². The van der Waals surface area contributed by atoms with E-state index in [1.54, 1.807) is 41.8 Å². The first kappa shape index (κ1) is 22.7. The summed E-state index contributed by atoms with van der Waals surface area (Å²) in [4.78, 5) is 39.1. The smallest absolute Gasteiger partial charge is 0.262 e. The maximum atomic E-state index is 13.3. The first-order valence-electron chi connectivity index (χ1n) is 9.96. The lowest BCUT2D eigenvalue weighted by Crippen LogP contribution is -2.42. The van der Waals surface area contributed by atoms with E-state index in [0.717, 1.165) is 4.90 Å². The van der Waals surface area contributed by atoms with Crippen LogP contribution in [0.15, 0.2) is 70.9 Å². The minimum Gasteiger partial charge on any atom is -0.497 e. The van der Waals surface area contributed by atoms with Crippen LogP contribution in [0.25, 0.3) is 0 Å². The number of carbonyl (C=O) groups is 3. The molecule has 1 unspecified atom stereocenters. The fourth-order valence-electron chi connectivity index (χ4n) is 3.56. The molecule has 0 saturated carbocycles. The molecule has 1 atom stereocenters. The van der Waals surface area contributed by atoms with Crippen LogP contribution in [0.5, 0.6) is 5.75 Å². The van der Waals surface area contributed by atoms with Gasteiger partial charge in [0.15, 0.2) is 9.84 Å². The zero-order valence-electron chi connectivity index (χ0n) is 17.6. The number of benzene rings is 2. The Morgan fingerprint density at radius 2 is 1.64 bits per heavy atom. The quantitative estimate of drug-likeness (QED) is 0.493. The van der Waals surface area contributed by atoms with Crippen molar-refractivity contribution in [1.29, 1.82) is 0 Å². The molecule has 8 nitrogen and oxygen atoms in total. The zero-order valence-corrected chi connectivity index (χ0v) is 19.2. The van der Waals surface area contributed by atoms with Crippen molar-refractivity contribution < 1.29 is 27.5 Å². The number of methoxy groups -OCH3 is 1. The second kappa shape index (κ2) is 9.16. The van der Waals surface area contributed by atoms with Crippen LogP contribution in [0.4, 0.5) is 0 Å². The number of rotatable bonds is 8. The average Bonchev–Trinajstić information content (AvgIpc) is 3.43. The van der Waals surface area contributed by atoms with Crippen LogP contribution in [-0.2, 0) is 14.6 Å². The summed E-state index contributed by atoms with van der Waals surface area (Å²) < 4.78 is 31.8. The first-order chi connectivity index (χ1) is 15.8. The van der Waals surface area contributed by atoms with Crippen molar-refractivity contribution in [1.82, 2.24) is 10.2 Å². The summed E-state index contributed by atoms with van der Waals surface area (Å²) in [7, 11) is -2.36. The van der Waals surface area contributed by atoms with Crippen LogP contribution in [0.1, 0.15) is 30.8 Å². The highest BCUT2D eigenvalue weighted by Crippen LogP contribution is 2.32. The second-order valence-corrected chi connectivity index (χ2v) is 10.4. The molecule has 0 saturated heterocycles. The molecule has 3 aromatic rings. The lowest BCUT2D eigenvalue weighted by molar-refractivity contribution is -0.121. The highest BCUT2D eigenvalue weighted by molar-refractivity contribution is 7.91. The van der Waals surface area contributed by atoms with Gasteiger partial charge in [-0.05, 0) is 47.8 Å². The van der Waals surface area contributed by atoms with E-state index < -0.39 is 39.4 Å². The third kappa shape index (κ3) is 4.39. The number of nitrogens with one attached hydrogen (secondary N) is 1. The molecule has 10 heteroatoms. The van der Waals surface area contributed by atoms with Crippen molar-refractivity contribution in [2.45, 2.75) is 10.1 Å². The largest absolute Gasteiger partial charge is 0.497 e. The number of carbonyl (C=O) groups excluding carboxylic acids is 3. The average molecular weight is 485 g/mol. The number of thiophene rings is 1. The maximum Gasteiger partial charge on any atom is 0.262 e. The number of imide groups is 1. The number of nitrogens with zero attached hydrogens (tertiary/aromatic N) is 1. The van der Waals surface area contributed by atoms with E-state index in [1.165, 1.54) is 42.7 Å². The molecule has 2 heterocycles. The second-order valence-electron chi connectivity index (χ2n) is 7.27. The molecule has 2 aromatic carbocycles. The molecule has 33 heavy (non-hydrogen) atoms. The van der Waals surface area contributed by atoms with Crippen LogP contribution >= 0.6 is 11.3 Å². The van der Waals surface area contributed by atoms with Crippen molar-refractivity contribution >= 4 is 38.9 Å². The van der Waals surface area contributed by atoms with E-state index in [-0.39, 0.29) is 22.6 Å². The van der Waals surface area contributed by atoms with Crippen LogP contribution in [-0.4, -0.2) is 51.2 Å². The van der Waals surface area contributed by atoms with Gasteiger partial charge in [-0.15, -0.1) is 11.3 Å². The highest BCUT2D eigenvalue weighted by atomic mass is 32.2. The molecule has 0 bridgehead atoms. The summed E-state index contributed by atoms with van der Waals surface area (Å²) in [6.07, 6.45) is 0. The maximum absolute atomic E-state index is 13.3. The Bertz CT molecular complexity index is 1270. The molecule has 1 aromatic heterocycles. The third-order valence-corrected chi connectivity index (χ3v) is 8.52. The minimum absolute atomic E-state index is 0.0938. The van der Waals surface area contributed by atoms with Crippen LogP contribution in [0, 0.1) is 0 Å². The Morgan fingerprint density at radius 3 is 2.18 bits per heavy atom. The Balaban J connectivity index is 1.50. The lowest BCUT2D eigenvalue weighted by Gasteiger charge is -2.19. The zero-order chi connectivity index (χ0) is 23.6. The van der Waals surface area contributed by atoms with E-state index >= 15 is 0 Å². The predicted molar refractivity (Wildman–Crippen MR) is 122 cm³/mol. The van der Waals surface area contributed by atoms with Crippen LogP contribution in [0.3, 0.4) is 0 Å². The molecule has 1 aliphatic heterocycles. The number of sulfone groups is 1. The topological polar surface area (TPSA) is 110 Å². The van der Waals surface area contributed by atoms with E-state index in [0.29, 0.717) is 10.6 Å². The molecule has 1 aliphatic rings. The van der Waals surface area contributed by atoms with Gasteiger partial charge in [-0.25, -0.2) is 8.42 Å². The standard InChI is InChI=1S/C23H20N2O6S2/c1-31-15-8-10-16(11-9-15)33(29,30)20(19-7-4-12-32-19)13-24-21(26)14-25-22(27)17-5-2-3-6-18(17)23(25)28/h2-12,20H,13-14H2,1H3,(H,24,26). The number of hydrogen-bond donors (Lipinski definition) is 1. The van der Waals surface area contributed by atoms with Gasteiger partial charge in [0.05, 0.1) is 23.1 Å². The normalized spacial score (nSPS) is 14.2. The van der Waals surface area contributed by atoms with Crippen molar-refractivity contribution in [3.05, 3.63) is 82.0 Å². The summed E-state index contributed by atoms with van der Waals surface area (Å²) >= 11 is 1.26. The Kier molecular flexibility index (Phi) is 6.30. The van der Waals surface area contributed by atoms with E-state index in [1.807, 2.05) is 0 Å². The van der Waals surface area contributed by atoms with E-state index in [9.17, 15) is 22.8 Å². The molecular weight excluding hydrogens is 464 g/mol. The molecule has 3 amide bonds. The molecule has 0 spiro atoms. The summed E-state index contributed by atoms with van der Waals surface area (Å²) in [6, 6.07) is 15.8. The molecule has 0 aliphatic carbocycles. The van der Waals surface area contributed by atoms with E-state index in [4.69, 9.17) is 4.74 Å². The molecule has 0 radical (unpaired) electrons. The minimum atomic E-state index is -3.84. The van der Waals surface area contributed by atoms with Gasteiger partial charge in [0.1, 0.15) is 17.5 Å². The first-order valence-corrected chi connectivity index (χ1v) is 12.4. The predicted octanol–water partition coefficient (Wildman–Crippen LogP) is 2.68. The monoisotopic (exact) mass is 484 g/mol. The molecular formula is C23H20N2O6S2. The summed E-state index contributed by atoms with van der Waals surface area (Å²) in [6.45, 7) is -0.705. The van der Waals surface area contributed by atoms with Crippen LogP contribution in [0.2, 0.25) is 0 Å². The van der Waals surface area contributed by atoms with Gasteiger partial charge in [0.2, 0.25) is 5.91 Å².